The van der Waals surface area contributed by atoms with Crippen LogP contribution in [0.3, 0.4) is 0 Å². The zero-order valence-corrected chi connectivity index (χ0v) is 27.1. The van der Waals surface area contributed by atoms with Gasteiger partial charge in [-0.05, 0) is 50.7 Å². The molecule has 0 spiro atoms. The molecule has 4 nitrogen and oxygen atoms in total. The molecule has 2 aromatic heterocycles. The molecule has 0 aliphatic carbocycles. The van der Waals surface area contributed by atoms with Gasteiger partial charge in [-0.15, -0.1) is 0 Å². The molecule has 0 aliphatic rings. The molecular weight excluding hydrogens is 609 g/mol. The van der Waals surface area contributed by atoms with Crippen LogP contribution in [0.5, 0.6) is 0 Å². The van der Waals surface area contributed by atoms with Crippen LogP contribution in [0, 0.1) is 0 Å². The van der Waals surface area contributed by atoms with Crippen LogP contribution in [-0.2, 0) is 0 Å². The van der Waals surface area contributed by atoms with E-state index in [4.69, 9.17) is 15.0 Å². The van der Waals surface area contributed by atoms with Gasteiger partial charge in [0.15, 0.2) is 17.5 Å². The van der Waals surface area contributed by atoms with Crippen LogP contribution in [0.15, 0.2) is 182 Å². The highest BCUT2D eigenvalue weighted by Gasteiger charge is 2.14. The van der Waals surface area contributed by atoms with Gasteiger partial charge in [-0.3, -0.25) is 4.98 Å². The second-order valence-electron chi connectivity index (χ2n) is 12.3. The molecule has 0 saturated carbocycles. The van der Waals surface area contributed by atoms with Crippen LogP contribution in [0.1, 0.15) is 0 Å². The lowest BCUT2D eigenvalue weighted by atomic mass is 9.90. The molecule has 0 N–H and O–H groups in total. The fourth-order valence-electron chi connectivity index (χ4n) is 6.63. The molecule has 0 radical (unpaired) electrons. The number of benzene rings is 7. The van der Waals surface area contributed by atoms with E-state index in [0.717, 1.165) is 44.3 Å². The van der Waals surface area contributed by atoms with Crippen LogP contribution in [0.25, 0.3) is 89.2 Å². The number of hydrogen-bond acceptors (Lipinski definition) is 4. The first-order valence-electron chi connectivity index (χ1n) is 16.7. The predicted molar refractivity (Wildman–Crippen MR) is 205 cm³/mol. The van der Waals surface area contributed by atoms with Crippen molar-refractivity contribution in [3.8, 4) is 67.5 Å². The molecule has 0 amide bonds. The van der Waals surface area contributed by atoms with Gasteiger partial charge in [0.1, 0.15) is 0 Å². The van der Waals surface area contributed by atoms with E-state index in [1.165, 1.54) is 27.5 Å². The van der Waals surface area contributed by atoms with Crippen molar-refractivity contribution in [2.75, 3.05) is 0 Å². The molecular formula is C46H30N4. The molecule has 0 atom stereocenters. The summed E-state index contributed by atoms with van der Waals surface area (Å²) < 4.78 is 0. The van der Waals surface area contributed by atoms with E-state index in [9.17, 15) is 0 Å². The molecule has 0 aliphatic heterocycles. The highest BCUT2D eigenvalue weighted by atomic mass is 15.0. The normalized spacial score (nSPS) is 11.2. The first-order chi connectivity index (χ1) is 24.8. The molecule has 2 heterocycles. The summed E-state index contributed by atoms with van der Waals surface area (Å²) in [5.41, 5.74) is 10.8. The number of hydrogen-bond donors (Lipinski definition) is 0. The van der Waals surface area contributed by atoms with Crippen LogP contribution >= 0.6 is 0 Å². The fraction of sp³-hybridized carbons (Fsp3) is 0. The zero-order valence-electron chi connectivity index (χ0n) is 27.1. The lowest BCUT2D eigenvalue weighted by Crippen LogP contribution is -2.00. The summed E-state index contributed by atoms with van der Waals surface area (Å²) in [6.45, 7) is 0. The molecule has 0 fully saturated rings. The van der Waals surface area contributed by atoms with Crippen LogP contribution in [0.2, 0.25) is 0 Å². The van der Waals surface area contributed by atoms with Gasteiger partial charge in [-0.1, -0.05) is 164 Å². The van der Waals surface area contributed by atoms with Gasteiger partial charge < -0.3 is 0 Å². The summed E-state index contributed by atoms with van der Waals surface area (Å²) >= 11 is 0. The Hall–Kier alpha value is -6.78. The summed E-state index contributed by atoms with van der Waals surface area (Å²) in [5, 5.41) is 3.56. The highest BCUT2D eigenvalue weighted by molar-refractivity contribution is 6.06. The molecule has 7 aromatic carbocycles. The number of fused-ring (bicyclic) bond motifs is 2. The van der Waals surface area contributed by atoms with E-state index >= 15 is 0 Å². The minimum absolute atomic E-state index is 0.643. The second-order valence-corrected chi connectivity index (χ2v) is 12.3. The predicted octanol–water partition coefficient (Wildman–Crippen LogP) is 11.6. The smallest absolute Gasteiger partial charge is 0.164 e. The third-order valence-electron chi connectivity index (χ3n) is 9.18. The van der Waals surface area contributed by atoms with E-state index in [2.05, 4.69) is 108 Å². The van der Waals surface area contributed by atoms with Crippen molar-refractivity contribution in [3.05, 3.63) is 182 Å². The third-order valence-corrected chi connectivity index (χ3v) is 9.18. The Morgan fingerprint density at radius 1 is 0.300 bits per heavy atom. The Bertz CT molecular complexity index is 2550. The standard InChI is InChI=1S/C46H30N4/c1-3-11-35(12-4-1)44-48-45(36-13-5-2-6-14-36)50-46(49-44)37-27-25-33(26-28-37)41-19-10-17-34-16-9-18-40(43(34)41)32-23-21-31(22-24-32)39-29-38-15-7-8-20-42(38)47-30-39/h1-30H. The topological polar surface area (TPSA) is 51.6 Å². The molecule has 0 saturated heterocycles. The minimum Gasteiger partial charge on any atom is -0.256 e. The number of rotatable bonds is 6. The average Bonchev–Trinajstić information content (AvgIpc) is 3.21. The average molecular weight is 639 g/mol. The number of aromatic nitrogens is 4. The zero-order chi connectivity index (χ0) is 33.3. The Morgan fingerprint density at radius 3 is 1.30 bits per heavy atom. The lowest BCUT2D eigenvalue weighted by Gasteiger charge is -2.14. The monoisotopic (exact) mass is 638 g/mol. The Labute approximate surface area is 290 Å². The summed E-state index contributed by atoms with van der Waals surface area (Å²) in [7, 11) is 0. The maximum Gasteiger partial charge on any atom is 0.164 e. The van der Waals surface area contributed by atoms with Gasteiger partial charge in [0.05, 0.1) is 5.52 Å². The van der Waals surface area contributed by atoms with Crippen molar-refractivity contribution in [2.24, 2.45) is 0 Å². The van der Waals surface area contributed by atoms with Crippen LogP contribution < -0.4 is 0 Å². The van der Waals surface area contributed by atoms with E-state index in [1.807, 2.05) is 79.0 Å². The van der Waals surface area contributed by atoms with Crippen molar-refractivity contribution in [3.63, 3.8) is 0 Å². The van der Waals surface area contributed by atoms with E-state index in [0.29, 0.717) is 17.5 Å². The summed E-state index contributed by atoms with van der Waals surface area (Å²) in [6, 6.07) is 61.0. The SMILES string of the molecule is c1ccc(-c2nc(-c3ccccc3)nc(-c3ccc(-c4cccc5cccc(-c6ccc(-c7cnc8ccccc8c7)cc6)c45)cc3)n2)cc1. The van der Waals surface area contributed by atoms with Crippen molar-refractivity contribution in [2.45, 2.75) is 0 Å². The summed E-state index contributed by atoms with van der Waals surface area (Å²) in [6.07, 6.45) is 1.96. The molecule has 9 aromatic rings. The highest BCUT2D eigenvalue weighted by Crippen LogP contribution is 2.38. The molecule has 9 rings (SSSR count). The van der Waals surface area contributed by atoms with Gasteiger partial charge in [0, 0.05) is 33.8 Å². The first kappa shape index (κ1) is 29.4. The maximum atomic E-state index is 4.92. The molecule has 4 heteroatoms. The lowest BCUT2D eigenvalue weighted by molar-refractivity contribution is 1.07. The van der Waals surface area contributed by atoms with Gasteiger partial charge in [-0.2, -0.15) is 0 Å². The van der Waals surface area contributed by atoms with Gasteiger partial charge in [0.2, 0.25) is 0 Å². The Kier molecular flexibility index (Phi) is 7.45. The van der Waals surface area contributed by atoms with Crippen molar-refractivity contribution >= 4 is 21.7 Å². The van der Waals surface area contributed by atoms with E-state index in [1.54, 1.807) is 0 Å². The summed E-state index contributed by atoms with van der Waals surface area (Å²) in [5.74, 6) is 1.95. The van der Waals surface area contributed by atoms with E-state index in [-0.39, 0.29) is 0 Å². The van der Waals surface area contributed by atoms with Crippen LogP contribution in [0.4, 0.5) is 0 Å². The van der Waals surface area contributed by atoms with Gasteiger partial charge in [-0.25, -0.2) is 15.0 Å². The van der Waals surface area contributed by atoms with Gasteiger partial charge >= 0.3 is 0 Å². The number of pyridine rings is 1. The molecule has 50 heavy (non-hydrogen) atoms. The van der Waals surface area contributed by atoms with Crippen molar-refractivity contribution in [1.29, 1.82) is 0 Å². The Balaban J connectivity index is 1.09. The number of para-hydroxylation sites is 1. The van der Waals surface area contributed by atoms with Gasteiger partial charge in [0.25, 0.3) is 0 Å². The second kappa shape index (κ2) is 12.7. The minimum atomic E-state index is 0.643. The Morgan fingerprint density at radius 2 is 0.740 bits per heavy atom. The first-order valence-corrected chi connectivity index (χ1v) is 16.7. The third kappa shape index (κ3) is 5.59. The van der Waals surface area contributed by atoms with Crippen molar-refractivity contribution < 1.29 is 0 Å². The largest absolute Gasteiger partial charge is 0.256 e. The number of nitrogens with zero attached hydrogens (tertiary/aromatic N) is 4. The van der Waals surface area contributed by atoms with E-state index < -0.39 is 0 Å². The molecule has 0 unspecified atom stereocenters. The maximum absolute atomic E-state index is 4.92. The van der Waals surface area contributed by atoms with Crippen LogP contribution in [-0.4, -0.2) is 19.9 Å². The molecule has 0 bridgehead atoms. The molecule has 234 valence electrons. The summed E-state index contributed by atoms with van der Waals surface area (Å²) in [4.78, 5) is 19.4. The quantitative estimate of drug-likeness (QED) is 0.182. The van der Waals surface area contributed by atoms with Crippen molar-refractivity contribution in [1.82, 2.24) is 19.9 Å². The fourth-order valence-corrected chi connectivity index (χ4v) is 6.63.